The minimum atomic E-state index is -0.518. The molecule has 6 nitrogen and oxygen atoms in total. The van der Waals surface area contributed by atoms with Crippen LogP contribution in [0.4, 0.5) is 0 Å². The molecule has 3 N–H and O–H groups in total. The summed E-state index contributed by atoms with van der Waals surface area (Å²) in [7, 11) is 0. The van der Waals surface area contributed by atoms with Gasteiger partial charge in [-0.2, -0.15) is 0 Å². The van der Waals surface area contributed by atoms with Crippen LogP contribution < -0.4 is 11.1 Å². The number of nitrogens with zero attached hydrogens (tertiary/aromatic N) is 2. The summed E-state index contributed by atoms with van der Waals surface area (Å²) in [4.78, 5) is 30.0. The molecule has 1 aliphatic rings. The number of carbonyl (C=O) groups is 2. The predicted octanol–water partition coefficient (Wildman–Crippen LogP) is 0.281. The van der Waals surface area contributed by atoms with Gasteiger partial charge in [0.15, 0.2) is 0 Å². The highest BCUT2D eigenvalue weighted by Crippen LogP contribution is 2.09. The van der Waals surface area contributed by atoms with Crippen LogP contribution in [0.25, 0.3) is 0 Å². The minimum absolute atomic E-state index is 0.0241. The third kappa shape index (κ3) is 3.33. The van der Waals surface area contributed by atoms with Crippen LogP contribution in [-0.2, 0) is 11.3 Å². The van der Waals surface area contributed by atoms with Gasteiger partial charge in [-0.1, -0.05) is 0 Å². The molecule has 1 saturated heterocycles. The zero-order valence-corrected chi connectivity index (χ0v) is 11.6. The van der Waals surface area contributed by atoms with Gasteiger partial charge < -0.3 is 16.0 Å². The van der Waals surface area contributed by atoms with Crippen LogP contribution in [0.1, 0.15) is 35.8 Å². The van der Waals surface area contributed by atoms with Gasteiger partial charge in [0.25, 0.3) is 5.91 Å². The van der Waals surface area contributed by atoms with E-state index in [1.54, 1.807) is 30.2 Å². The van der Waals surface area contributed by atoms with Crippen molar-refractivity contribution in [2.24, 2.45) is 5.73 Å². The summed E-state index contributed by atoms with van der Waals surface area (Å²) in [6.07, 6.45) is 3.62. The first-order chi connectivity index (χ1) is 9.61. The molecular formula is C14H20N4O2. The van der Waals surface area contributed by atoms with Crippen molar-refractivity contribution in [1.29, 1.82) is 0 Å². The Morgan fingerprint density at radius 3 is 2.80 bits per heavy atom. The van der Waals surface area contributed by atoms with E-state index in [4.69, 9.17) is 5.73 Å². The largest absolute Gasteiger partial charge is 0.341 e. The van der Waals surface area contributed by atoms with Gasteiger partial charge in [0, 0.05) is 31.4 Å². The highest BCUT2D eigenvalue weighted by atomic mass is 16.2. The lowest BCUT2D eigenvalue weighted by Gasteiger charge is -2.21. The number of aromatic nitrogens is 1. The zero-order chi connectivity index (χ0) is 14.5. The predicted molar refractivity (Wildman–Crippen MR) is 74.9 cm³/mol. The van der Waals surface area contributed by atoms with E-state index >= 15 is 0 Å². The van der Waals surface area contributed by atoms with Crippen molar-refractivity contribution in [1.82, 2.24) is 15.2 Å². The van der Waals surface area contributed by atoms with Gasteiger partial charge in [-0.05, 0) is 31.9 Å². The van der Waals surface area contributed by atoms with E-state index in [0.29, 0.717) is 11.3 Å². The second-order valence-corrected chi connectivity index (χ2v) is 4.97. The van der Waals surface area contributed by atoms with Gasteiger partial charge in [0.05, 0.1) is 5.69 Å². The Morgan fingerprint density at radius 2 is 2.15 bits per heavy atom. The molecule has 0 bridgehead atoms. The van der Waals surface area contributed by atoms with Gasteiger partial charge in [-0.3, -0.25) is 14.6 Å². The Balaban J connectivity index is 1.97. The summed E-state index contributed by atoms with van der Waals surface area (Å²) in [5.41, 5.74) is 6.62. The number of nitrogens with one attached hydrogen (secondary N) is 1. The smallest absolute Gasteiger partial charge is 0.252 e. The van der Waals surface area contributed by atoms with Crippen LogP contribution in [0.5, 0.6) is 0 Å². The molecule has 20 heavy (non-hydrogen) atoms. The van der Waals surface area contributed by atoms with Crippen molar-refractivity contribution in [3.8, 4) is 0 Å². The fraction of sp³-hybridized carbons (Fsp3) is 0.500. The first-order valence-electron chi connectivity index (χ1n) is 6.86. The maximum absolute atomic E-state index is 12.1. The van der Waals surface area contributed by atoms with Gasteiger partial charge in [-0.15, -0.1) is 0 Å². The molecule has 1 aromatic rings. The summed E-state index contributed by atoms with van der Waals surface area (Å²) in [6.45, 7) is 3.56. The summed E-state index contributed by atoms with van der Waals surface area (Å²) < 4.78 is 0. The van der Waals surface area contributed by atoms with Crippen LogP contribution in [0.3, 0.4) is 0 Å². The first-order valence-corrected chi connectivity index (χ1v) is 6.86. The molecule has 1 aliphatic heterocycles. The molecule has 6 heteroatoms. The number of hydrogen-bond acceptors (Lipinski definition) is 4. The van der Waals surface area contributed by atoms with Crippen LogP contribution in [-0.4, -0.2) is 40.8 Å². The Hall–Kier alpha value is -1.95. The van der Waals surface area contributed by atoms with Gasteiger partial charge in [-0.25, -0.2) is 0 Å². The number of rotatable bonds is 4. The number of hydrogen-bond donors (Lipinski definition) is 2. The van der Waals surface area contributed by atoms with E-state index in [0.717, 1.165) is 25.9 Å². The number of pyridine rings is 1. The third-order valence-electron chi connectivity index (χ3n) is 3.42. The van der Waals surface area contributed by atoms with E-state index in [9.17, 15) is 9.59 Å². The molecule has 2 rings (SSSR count). The topological polar surface area (TPSA) is 88.3 Å². The van der Waals surface area contributed by atoms with Gasteiger partial charge in [0.2, 0.25) is 5.91 Å². The van der Waals surface area contributed by atoms with E-state index < -0.39 is 6.04 Å². The van der Waals surface area contributed by atoms with Crippen molar-refractivity contribution in [2.75, 3.05) is 13.1 Å². The second kappa shape index (κ2) is 6.47. The Morgan fingerprint density at radius 1 is 1.45 bits per heavy atom. The molecule has 2 amide bonds. The molecule has 1 unspecified atom stereocenters. The van der Waals surface area contributed by atoms with Crippen LogP contribution in [0.15, 0.2) is 18.3 Å². The lowest BCUT2D eigenvalue weighted by molar-refractivity contribution is -0.131. The Labute approximate surface area is 118 Å². The first kappa shape index (κ1) is 14.5. The SMILES string of the molecule is CC(NC(=O)c1ccnc(CN)c1)C(=O)N1CCCC1. The van der Waals surface area contributed by atoms with Crippen LogP contribution >= 0.6 is 0 Å². The fourth-order valence-corrected chi connectivity index (χ4v) is 2.28. The molecule has 0 spiro atoms. The Bertz CT molecular complexity index is 498. The monoisotopic (exact) mass is 276 g/mol. The molecule has 2 heterocycles. The number of nitrogens with two attached hydrogens (primary N) is 1. The molecule has 1 aromatic heterocycles. The Kier molecular flexibility index (Phi) is 4.68. The van der Waals surface area contributed by atoms with Crippen LogP contribution in [0, 0.1) is 0 Å². The summed E-state index contributed by atoms with van der Waals surface area (Å²) in [5.74, 6) is -0.300. The standard InChI is InChI=1S/C14H20N4O2/c1-10(14(20)18-6-2-3-7-18)17-13(19)11-4-5-16-12(8-11)9-15/h4-5,8,10H,2-3,6-7,9,15H2,1H3,(H,17,19). The average molecular weight is 276 g/mol. The highest BCUT2D eigenvalue weighted by Gasteiger charge is 2.24. The minimum Gasteiger partial charge on any atom is -0.341 e. The zero-order valence-electron chi connectivity index (χ0n) is 11.6. The molecular weight excluding hydrogens is 256 g/mol. The van der Waals surface area contributed by atoms with Crippen molar-refractivity contribution in [2.45, 2.75) is 32.4 Å². The quantitative estimate of drug-likeness (QED) is 0.827. The van der Waals surface area contributed by atoms with Crippen molar-refractivity contribution in [3.05, 3.63) is 29.6 Å². The molecule has 0 radical (unpaired) electrons. The normalized spacial score (nSPS) is 16.0. The fourth-order valence-electron chi connectivity index (χ4n) is 2.28. The number of carbonyl (C=O) groups excluding carboxylic acids is 2. The van der Waals surface area contributed by atoms with Crippen molar-refractivity contribution < 1.29 is 9.59 Å². The second-order valence-electron chi connectivity index (χ2n) is 4.97. The summed E-state index contributed by atoms with van der Waals surface area (Å²) in [5, 5.41) is 2.73. The number of likely N-dealkylation sites (tertiary alicyclic amines) is 1. The summed E-state index contributed by atoms with van der Waals surface area (Å²) in [6, 6.07) is 2.74. The van der Waals surface area contributed by atoms with Gasteiger partial charge >= 0.3 is 0 Å². The maximum Gasteiger partial charge on any atom is 0.252 e. The molecule has 108 valence electrons. The third-order valence-corrected chi connectivity index (χ3v) is 3.42. The lowest BCUT2D eigenvalue weighted by Crippen LogP contribution is -2.45. The maximum atomic E-state index is 12.1. The van der Waals surface area contributed by atoms with E-state index in [2.05, 4.69) is 10.3 Å². The lowest BCUT2D eigenvalue weighted by atomic mass is 10.2. The van der Waals surface area contributed by atoms with Crippen molar-refractivity contribution >= 4 is 11.8 Å². The molecule has 1 fully saturated rings. The van der Waals surface area contributed by atoms with Crippen molar-refractivity contribution in [3.63, 3.8) is 0 Å². The van der Waals surface area contributed by atoms with E-state index in [1.165, 1.54) is 0 Å². The highest BCUT2D eigenvalue weighted by molar-refractivity contribution is 5.97. The average Bonchev–Trinajstić information content (AvgIpc) is 3.00. The number of amides is 2. The molecule has 0 aliphatic carbocycles. The molecule has 0 saturated carbocycles. The van der Waals surface area contributed by atoms with Gasteiger partial charge in [0.1, 0.15) is 6.04 Å². The molecule has 0 aromatic carbocycles. The van der Waals surface area contributed by atoms with Crippen LogP contribution in [0.2, 0.25) is 0 Å². The van der Waals surface area contributed by atoms with E-state index in [1.807, 2.05) is 0 Å². The van der Waals surface area contributed by atoms with E-state index in [-0.39, 0.29) is 18.4 Å². The summed E-state index contributed by atoms with van der Waals surface area (Å²) >= 11 is 0. The molecule has 1 atom stereocenters.